The molecule has 1 aromatic carbocycles. The number of benzene rings is 1. The van der Waals surface area contributed by atoms with E-state index < -0.39 is 5.54 Å². The first-order chi connectivity index (χ1) is 9.56. The van der Waals surface area contributed by atoms with E-state index in [2.05, 4.69) is 5.32 Å². The molecule has 0 aromatic heterocycles. The van der Waals surface area contributed by atoms with Gasteiger partial charge in [0, 0.05) is 4.90 Å². The number of hydrogen-bond acceptors (Lipinski definition) is 3. The molecule has 2 rings (SSSR count). The molecule has 1 fully saturated rings. The van der Waals surface area contributed by atoms with E-state index in [-0.39, 0.29) is 17.8 Å². The summed E-state index contributed by atoms with van der Waals surface area (Å²) in [4.78, 5) is 13.2. The topological polar surface area (TPSA) is 49.3 Å². The van der Waals surface area contributed by atoms with Crippen LogP contribution in [0.2, 0.25) is 5.02 Å². The molecule has 0 radical (unpaired) electrons. The molecule has 1 aromatic rings. The summed E-state index contributed by atoms with van der Waals surface area (Å²) >= 11 is 7.55. The maximum Gasteiger partial charge on any atom is 0.233 e. The Kier molecular flexibility index (Phi) is 5.35. The van der Waals surface area contributed by atoms with Gasteiger partial charge in [0.1, 0.15) is 0 Å². The summed E-state index contributed by atoms with van der Waals surface area (Å²) in [7, 11) is 0. The van der Waals surface area contributed by atoms with Crippen molar-refractivity contribution in [2.45, 2.75) is 48.3 Å². The van der Waals surface area contributed by atoms with E-state index in [1.807, 2.05) is 31.2 Å². The number of aliphatic hydroxyl groups is 1. The molecule has 110 valence electrons. The van der Waals surface area contributed by atoms with E-state index in [0.717, 1.165) is 30.6 Å². The van der Waals surface area contributed by atoms with Crippen LogP contribution in [0.4, 0.5) is 0 Å². The van der Waals surface area contributed by atoms with Crippen molar-refractivity contribution in [1.82, 2.24) is 5.32 Å². The number of amides is 1. The lowest BCUT2D eigenvalue weighted by atomic mass is 9.99. The normalized spacial score (nSPS) is 18.8. The monoisotopic (exact) mass is 313 g/mol. The largest absolute Gasteiger partial charge is 0.394 e. The predicted octanol–water partition coefficient (Wildman–Crippen LogP) is 3.24. The van der Waals surface area contributed by atoms with Crippen LogP contribution in [0.1, 0.15) is 32.6 Å². The van der Waals surface area contributed by atoms with E-state index in [0.29, 0.717) is 5.02 Å². The van der Waals surface area contributed by atoms with Crippen molar-refractivity contribution >= 4 is 29.3 Å². The molecular weight excluding hydrogens is 294 g/mol. The number of hydrogen-bond donors (Lipinski definition) is 2. The number of carbonyl (C=O) groups is 1. The lowest BCUT2D eigenvalue weighted by molar-refractivity contribution is -0.122. The molecule has 2 N–H and O–H groups in total. The lowest BCUT2D eigenvalue weighted by Crippen LogP contribution is -2.51. The highest BCUT2D eigenvalue weighted by atomic mass is 35.5. The maximum atomic E-state index is 12.3. The molecule has 0 heterocycles. The minimum atomic E-state index is -0.410. The third-order valence-corrected chi connectivity index (χ3v) is 5.38. The van der Waals surface area contributed by atoms with Gasteiger partial charge in [-0.2, -0.15) is 0 Å². The van der Waals surface area contributed by atoms with Gasteiger partial charge in [-0.25, -0.2) is 0 Å². The summed E-state index contributed by atoms with van der Waals surface area (Å²) in [5.41, 5.74) is -0.410. The molecule has 1 amide bonds. The summed E-state index contributed by atoms with van der Waals surface area (Å²) in [6.07, 6.45) is 3.84. The molecule has 1 atom stereocenters. The highest BCUT2D eigenvalue weighted by molar-refractivity contribution is 8.00. The fraction of sp³-hybridized carbons (Fsp3) is 0.533. The van der Waals surface area contributed by atoms with Gasteiger partial charge < -0.3 is 10.4 Å². The van der Waals surface area contributed by atoms with Crippen LogP contribution in [0.15, 0.2) is 29.2 Å². The Balaban J connectivity index is 1.97. The molecule has 0 saturated heterocycles. The quantitative estimate of drug-likeness (QED) is 0.820. The first-order valence-electron chi connectivity index (χ1n) is 6.90. The van der Waals surface area contributed by atoms with Crippen LogP contribution >= 0.6 is 23.4 Å². The van der Waals surface area contributed by atoms with Crippen molar-refractivity contribution in [3.05, 3.63) is 29.3 Å². The van der Waals surface area contributed by atoms with Gasteiger partial charge in [0.15, 0.2) is 0 Å². The Hall–Kier alpha value is -0.710. The third-order valence-electron chi connectivity index (χ3n) is 3.76. The average molecular weight is 314 g/mol. The van der Waals surface area contributed by atoms with E-state index in [1.165, 1.54) is 11.8 Å². The summed E-state index contributed by atoms with van der Waals surface area (Å²) in [5, 5.41) is 13.0. The van der Waals surface area contributed by atoms with Gasteiger partial charge >= 0.3 is 0 Å². The van der Waals surface area contributed by atoms with Gasteiger partial charge in [0.2, 0.25) is 5.91 Å². The number of carbonyl (C=O) groups excluding carboxylic acids is 1. The SMILES string of the molecule is CC(Sc1ccccc1Cl)C(=O)NC1(CO)CCCC1. The minimum Gasteiger partial charge on any atom is -0.394 e. The van der Waals surface area contributed by atoms with E-state index in [9.17, 15) is 9.90 Å². The average Bonchev–Trinajstić information content (AvgIpc) is 2.90. The van der Waals surface area contributed by atoms with E-state index in [4.69, 9.17) is 11.6 Å². The first kappa shape index (κ1) is 15.7. The van der Waals surface area contributed by atoms with Crippen LogP contribution < -0.4 is 5.32 Å². The molecule has 5 heteroatoms. The summed E-state index contributed by atoms with van der Waals surface area (Å²) in [6.45, 7) is 1.88. The van der Waals surface area contributed by atoms with Crippen LogP contribution in [0, 0.1) is 0 Å². The molecule has 1 saturated carbocycles. The minimum absolute atomic E-state index is 0.0161. The standard InChI is InChI=1S/C15H20ClNO2S/c1-11(20-13-7-3-2-6-12(13)16)14(19)17-15(10-18)8-4-5-9-15/h2-3,6-7,11,18H,4-5,8-10H2,1H3,(H,17,19). The first-order valence-corrected chi connectivity index (χ1v) is 8.16. The predicted molar refractivity (Wildman–Crippen MR) is 83.2 cm³/mol. The van der Waals surface area contributed by atoms with Gasteiger partial charge in [0.25, 0.3) is 0 Å². The molecule has 1 aliphatic rings. The zero-order chi connectivity index (χ0) is 14.6. The summed E-state index contributed by atoms with van der Waals surface area (Å²) < 4.78 is 0. The molecule has 0 spiro atoms. The number of halogens is 1. The Bertz CT molecular complexity index is 475. The second kappa shape index (κ2) is 6.83. The molecule has 20 heavy (non-hydrogen) atoms. The number of nitrogens with one attached hydrogen (secondary N) is 1. The second-order valence-corrected chi connectivity index (χ2v) is 7.12. The van der Waals surface area contributed by atoms with Crippen LogP contribution in [0.5, 0.6) is 0 Å². The third kappa shape index (κ3) is 3.68. The Morgan fingerprint density at radius 2 is 2.10 bits per heavy atom. The second-order valence-electron chi connectivity index (χ2n) is 5.33. The lowest BCUT2D eigenvalue weighted by Gasteiger charge is -2.29. The highest BCUT2D eigenvalue weighted by Crippen LogP contribution is 2.32. The van der Waals surface area contributed by atoms with Gasteiger partial charge in [0.05, 0.1) is 22.4 Å². The van der Waals surface area contributed by atoms with Crippen molar-refractivity contribution in [3.8, 4) is 0 Å². The molecule has 3 nitrogen and oxygen atoms in total. The maximum absolute atomic E-state index is 12.3. The Labute approximate surface area is 129 Å². The van der Waals surface area contributed by atoms with Crippen molar-refractivity contribution in [1.29, 1.82) is 0 Å². The summed E-state index contributed by atoms with van der Waals surface area (Å²) in [5.74, 6) is -0.0362. The van der Waals surface area contributed by atoms with Crippen molar-refractivity contribution in [2.24, 2.45) is 0 Å². The Morgan fingerprint density at radius 1 is 1.45 bits per heavy atom. The number of aliphatic hydroxyl groups excluding tert-OH is 1. The van der Waals surface area contributed by atoms with Crippen LogP contribution in [0.3, 0.4) is 0 Å². The molecule has 1 aliphatic carbocycles. The fourth-order valence-electron chi connectivity index (χ4n) is 2.52. The molecule has 1 unspecified atom stereocenters. The molecule has 0 bridgehead atoms. The molecule has 0 aliphatic heterocycles. The van der Waals surface area contributed by atoms with Crippen LogP contribution in [-0.4, -0.2) is 28.4 Å². The number of rotatable bonds is 5. The van der Waals surface area contributed by atoms with Crippen LogP contribution in [-0.2, 0) is 4.79 Å². The zero-order valence-electron chi connectivity index (χ0n) is 11.6. The zero-order valence-corrected chi connectivity index (χ0v) is 13.1. The Morgan fingerprint density at radius 3 is 2.70 bits per heavy atom. The van der Waals surface area contributed by atoms with E-state index in [1.54, 1.807) is 0 Å². The van der Waals surface area contributed by atoms with Crippen LogP contribution in [0.25, 0.3) is 0 Å². The van der Waals surface area contributed by atoms with Gasteiger partial charge in [-0.15, -0.1) is 11.8 Å². The summed E-state index contributed by atoms with van der Waals surface area (Å²) in [6, 6.07) is 7.51. The van der Waals surface area contributed by atoms with Crippen molar-refractivity contribution in [2.75, 3.05) is 6.61 Å². The van der Waals surface area contributed by atoms with Gasteiger partial charge in [-0.1, -0.05) is 36.6 Å². The van der Waals surface area contributed by atoms with Gasteiger partial charge in [-0.05, 0) is 31.9 Å². The van der Waals surface area contributed by atoms with Crippen molar-refractivity contribution < 1.29 is 9.90 Å². The fourth-order valence-corrected chi connectivity index (χ4v) is 3.68. The molecular formula is C15H20ClNO2S. The van der Waals surface area contributed by atoms with Crippen molar-refractivity contribution in [3.63, 3.8) is 0 Å². The number of thioether (sulfide) groups is 1. The van der Waals surface area contributed by atoms with E-state index >= 15 is 0 Å². The highest BCUT2D eigenvalue weighted by Gasteiger charge is 2.35. The van der Waals surface area contributed by atoms with Gasteiger partial charge in [-0.3, -0.25) is 4.79 Å². The smallest absolute Gasteiger partial charge is 0.233 e.